The average Bonchev–Trinajstić information content (AvgIpc) is 3.01. The Morgan fingerprint density at radius 1 is 1.15 bits per heavy atom. The lowest BCUT2D eigenvalue weighted by Gasteiger charge is -2.38. The van der Waals surface area contributed by atoms with Crippen LogP contribution < -0.4 is 5.32 Å². The number of aromatic nitrogens is 4. The lowest BCUT2D eigenvalue weighted by Crippen LogP contribution is -2.49. The van der Waals surface area contributed by atoms with E-state index in [2.05, 4.69) is 20.5 Å². The maximum Gasteiger partial charge on any atom is 0.243 e. The van der Waals surface area contributed by atoms with Gasteiger partial charge in [0.05, 0.1) is 6.10 Å². The van der Waals surface area contributed by atoms with Crippen LogP contribution in [0.15, 0.2) is 48.7 Å². The number of fused-ring (bicyclic) bond motifs is 1. The largest absolute Gasteiger partial charge is 0.393 e. The van der Waals surface area contributed by atoms with Crippen molar-refractivity contribution in [1.29, 1.82) is 0 Å². The van der Waals surface area contributed by atoms with E-state index < -0.39 is 0 Å². The predicted octanol–water partition coefficient (Wildman–Crippen LogP) is 1.32. The molecule has 7 heteroatoms. The minimum Gasteiger partial charge on any atom is -0.393 e. The molecule has 7 nitrogen and oxygen atoms in total. The average molecular weight is 351 g/mol. The molecule has 1 aromatic carbocycles. The first-order valence-corrected chi connectivity index (χ1v) is 8.84. The molecule has 1 saturated carbocycles. The molecule has 3 aromatic rings. The Labute approximate surface area is 151 Å². The Balaban J connectivity index is 1.43. The molecule has 1 fully saturated rings. The van der Waals surface area contributed by atoms with E-state index in [1.165, 1.54) is 4.80 Å². The van der Waals surface area contributed by atoms with E-state index in [-0.39, 0.29) is 30.5 Å². The highest BCUT2D eigenvalue weighted by atomic mass is 16.3. The van der Waals surface area contributed by atoms with Crippen LogP contribution in [0.3, 0.4) is 0 Å². The monoisotopic (exact) mass is 351 g/mol. The normalized spacial score (nSPS) is 20.5. The number of rotatable bonds is 6. The summed E-state index contributed by atoms with van der Waals surface area (Å²) in [4.78, 5) is 18.3. The number of amides is 1. The van der Waals surface area contributed by atoms with Gasteiger partial charge in [0.1, 0.15) is 17.6 Å². The summed E-state index contributed by atoms with van der Waals surface area (Å²) in [7, 11) is 0. The van der Waals surface area contributed by atoms with E-state index in [0.717, 1.165) is 16.7 Å². The molecular weight excluding hydrogens is 330 g/mol. The molecule has 1 aliphatic rings. The molecule has 0 spiro atoms. The van der Waals surface area contributed by atoms with E-state index >= 15 is 0 Å². The fourth-order valence-electron chi connectivity index (χ4n) is 3.39. The Hall–Kier alpha value is -2.80. The number of hydrogen-bond acceptors (Lipinski definition) is 5. The number of pyridine rings is 1. The van der Waals surface area contributed by atoms with Crippen LogP contribution in [0.1, 0.15) is 18.5 Å². The van der Waals surface area contributed by atoms with E-state index in [0.29, 0.717) is 19.3 Å². The predicted molar refractivity (Wildman–Crippen MR) is 96.1 cm³/mol. The summed E-state index contributed by atoms with van der Waals surface area (Å²) in [6.45, 7) is 0.0721. The fraction of sp³-hybridized carbons (Fsp3) is 0.368. The SMILES string of the molecule is O=C(Cn1nc2ccccc2n1)N[C@H](Cc1ccccn1)C1CC(O)C1. The third kappa shape index (κ3) is 3.72. The number of aliphatic hydroxyl groups excluding tert-OH is 1. The molecule has 1 aliphatic carbocycles. The first-order chi connectivity index (χ1) is 12.7. The zero-order valence-electron chi connectivity index (χ0n) is 14.3. The number of benzene rings is 1. The zero-order chi connectivity index (χ0) is 17.9. The summed E-state index contributed by atoms with van der Waals surface area (Å²) in [6, 6.07) is 13.3. The van der Waals surface area contributed by atoms with E-state index in [4.69, 9.17) is 0 Å². The van der Waals surface area contributed by atoms with Gasteiger partial charge >= 0.3 is 0 Å². The van der Waals surface area contributed by atoms with Crippen molar-refractivity contribution in [3.63, 3.8) is 0 Å². The Morgan fingerprint density at radius 2 is 1.85 bits per heavy atom. The molecule has 0 saturated heterocycles. The van der Waals surface area contributed by atoms with Gasteiger partial charge in [-0.25, -0.2) is 0 Å². The summed E-state index contributed by atoms with van der Waals surface area (Å²) >= 11 is 0. The van der Waals surface area contributed by atoms with Crippen molar-refractivity contribution >= 4 is 16.9 Å². The maximum atomic E-state index is 12.5. The van der Waals surface area contributed by atoms with Crippen LogP contribution in [-0.2, 0) is 17.8 Å². The lowest BCUT2D eigenvalue weighted by molar-refractivity contribution is -0.123. The van der Waals surface area contributed by atoms with Crippen molar-refractivity contribution in [3.05, 3.63) is 54.4 Å². The molecule has 1 atom stereocenters. The van der Waals surface area contributed by atoms with Crippen molar-refractivity contribution in [3.8, 4) is 0 Å². The van der Waals surface area contributed by atoms with Gasteiger partial charge in [-0.05, 0) is 43.0 Å². The summed E-state index contributed by atoms with van der Waals surface area (Å²) in [6.07, 6.45) is 3.56. The van der Waals surface area contributed by atoms with Gasteiger partial charge in [0.25, 0.3) is 0 Å². The Morgan fingerprint density at radius 3 is 2.46 bits per heavy atom. The molecule has 134 valence electrons. The summed E-state index contributed by atoms with van der Waals surface area (Å²) in [5.41, 5.74) is 2.47. The molecule has 26 heavy (non-hydrogen) atoms. The first kappa shape index (κ1) is 16.7. The number of nitrogens with one attached hydrogen (secondary N) is 1. The van der Waals surface area contributed by atoms with Crippen molar-refractivity contribution < 1.29 is 9.90 Å². The number of carbonyl (C=O) groups is 1. The van der Waals surface area contributed by atoms with Gasteiger partial charge in [-0.1, -0.05) is 18.2 Å². The van der Waals surface area contributed by atoms with Crippen LogP contribution >= 0.6 is 0 Å². The molecular formula is C19H21N5O2. The number of hydrogen-bond donors (Lipinski definition) is 2. The minimum atomic E-state index is -0.263. The second-order valence-corrected chi connectivity index (χ2v) is 6.80. The first-order valence-electron chi connectivity index (χ1n) is 8.84. The molecule has 1 amide bonds. The van der Waals surface area contributed by atoms with Crippen molar-refractivity contribution in [2.24, 2.45) is 5.92 Å². The lowest BCUT2D eigenvalue weighted by atomic mass is 9.76. The second-order valence-electron chi connectivity index (χ2n) is 6.80. The molecule has 2 N–H and O–H groups in total. The third-order valence-corrected chi connectivity index (χ3v) is 4.83. The number of carbonyl (C=O) groups excluding carboxylic acids is 1. The molecule has 2 aromatic heterocycles. The Kier molecular flexibility index (Phi) is 4.62. The second kappa shape index (κ2) is 7.21. The van der Waals surface area contributed by atoms with Gasteiger partial charge in [0.15, 0.2) is 0 Å². The van der Waals surface area contributed by atoms with Gasteiger partial charge in [-0.2, -0.15) is 15.0 Å². The van der Waals surface area contributed by atoms with Gasteiger partial charge in [0.2, 0.25) is 5.91 Å². The molecule has 4 rings (SSSR count). The highest BCUT2D eigenvalue weighted by Gasteiger charge is 2.35. The van der Waals surface area contributed by atoms with Crippen LogP contribution in [0.2, 0.25) is 0 Å². The summed E-state index contributed by atoms with van der Waals surface area (Å²) in [5, 5.41) is 21.4. The number of nitrogens with zero attached hydrogens (tertiary/aromatic N) is 4. The maximum absolute atomic E-state index is 12.5. The van der Waals surface area contributed by atoms with Crippen LogP contribution in [0.25, 0.3) is 11.0 Å². The standard InChI is InChI=1S/C19H21N5O2/c25-15-9-13(10-15)18(11-14-5-3-4-8-20-14)21-19(26)12-24-22-16-6-1-2-7-17(16)23-24/h1-8,13,15,18,25H,9-12H2,(H,21,26)/t13?,15?,18-/m1/s1. The smallest absolute Gasteiger partial charge is 0.243 e. The molecule has 0 bridgehead atoms. The zero-order valence-corrected chi connectivity index (χ0v) is 14.3. The number of aliphatic hydroxyl groups is 1. The highest BCUT2D eigenvalue weighted by molar-refractivity contribution is 5.77. The van der Waals surface area contributed by atoms with Crippen LogP contribution in [-0.4, -0.2) is 43.1 Å². The molecule has 0 aliphatic heterocycles. The summed E-state index contributed by atoms with van der Waals surface area (Å²) in [5.74, 6) is 0.133. The van der Waals surface area contributed by atoms with Crippen LogP contribution in [0, 0.1) is 5.92 Å². The van der Waals surface area contributed by atoms with Gasteiger partial charge in [-0.15, -0.1) is 0 Å². The van der Waals surface area contributed by atoms with E-state index in [9.17, 15) is 9.90 Å². The topological polar surface area (TPSA) is 92.9 Å². The van der Waals surface area contributed by atoms with Crippen LogP contribution in [0.5, 0.6) is 0 Å². The van der Waals surface area contributed by atoms with Gasteiger partial charge in [0, 0.05) is 24.4 Å². The van der Waals surface area contributed by atoms with Gasteiger partial charge in [-0.3, -0.25) is 9.78 Å². The molecule has 0 radical (unpaired) electrons. The van der Waals surface area contributed by atoms with E-state index in [1.54, 1.807) is 6.20 Å². The van der Waals surface area contributed by atoms with E-state index in [1.807, 2.05) is 42.5 Å². The van der Waals surface area contributed by atoms with Crippen molar-refractivity contribution in [1.82, 2.24) is 25.3 Å². The minimum absolute atomic E-state index is 0.0502. The van der Waals surface area contributed by atoms with Crippen LogP contribution in [0.4, 0.5) is 0 Å². The molecule has 2 heterocycles. The highest BCUT2D eigenvalue weighted by Crippen LogP contribution is 2.31. The quantitative estimate of drug-likeness (QED) is 0.699. The fourth-order valence-corrected chi connectivity index (χ4v) is 3.39. The summed E-state index contributed by atoms with van der Waals surface area (Å²) < 4.78 is 0. The van der Waals surface area contributed by atoms with Crippen molar-refractivity contribution in [2.75, 3.05) is 0 Å². The Bertz CT molecular complexity index is 856. The van der Waals surface area contributed by atoms with Gasteiger partial charge < -0.3 is 10.4 Å². The molecule has 0 unspecified atom stereocenters. The third-order valence-electron chi connectivity index (χ3n) is 4.83. The van der Waals surface area contributed by atoms with Crippen molar-refractivity contribution in [2.45, 2.75) is 38.0 Å².